The Hall–Kier alpha value is 1.85. The van der Waals surface area contributed by atoms with Gasteiger partial charge in [-0.2, -0.15) is 0 Å². The Balaban J connectivity index is -0.0000000383. The van der Waals surface area contributed by atoms with Crippen molar-refractivity contribution < 1.29 is 34.2 Å². The van der Waals surface area contributed by atoms with E-state index in [2.05, 4.69) is 0 Å². The van der Waals surface area contributed by atoms with Gasteiger partial charge in [0.1, 0.15) is 0 Å². The quantitative estimate of drug-likeness (QED) is 0.396. The summed E-state index contributed by atoms with van der Waals surface area (Å²) >= 11 is 0. The van der Waals surface area contributed by atoms with Crippen molar-refractivity contribution >= 4 is 90.7 Å². The number of carbonyl (C=O) groups is 1. The van der Waals surface area contributed by atoms with Crippen LogP contribution in [-0.2, 0) is 0 Å². The molecular weight excluding hydrogens is 232 g/mol. The predicted molar refractivity (Wildman–Crippen MR) is 27.9 cm³/mol. The van der Waals surface area contributed by atoms with Crippen LogP contribution >= 0.6 is 0 Å². The minimum Gasteiger partial charge on any atom is -0.894 e. The molecular formula is CH2Ca2O7Si. The van der Waals surface area contributed by atoms with Crippen LogP contribution in [0.2, 0.25) is 0 Å². The van der Waals surface area contributed by atoms with Crippen LogP contribution in [0.25, 0.3) is 0 Å². The minimum atomic E-state index is -5.61. The zero-order valence-corrected chi connectivity index (χ0v) is 10.8. The molecule has 0 heterocycles. The van der Waals surface area contributed by atoms with Crippen LogP contribution in [0.1, 0.15) is 0 Å². The van der Waals surface area contributed by atoms with Crippen molar-refractivity contribution in [3.05, 3.63) is 0 Å². The molecule has 10 heteroatoms. The summed E-state index contributed by atoms with van der Waals surface area (Å²) in [6.45, 7) is 0. The maximum Gasteiger partial charge on any atom is 2.00 e. The van der Waals surface area contributed by atoms with Crippen LogP contribution in [0.15, 0.2) is 0 Å². The third-order valence-electron chi connectivity index (χ3n) is 0. The Bertz CT molecular complexity index is 78.9. The summed E-state index contributed by atoms with van der Waals surface area (Å²) < 4.78 is 0. The average molecular weight is 234 g/mol. The van der Waals surface area contributed by atoms with Gasteiger partial charge in [-0.25, -0.2) is 4.79 Å². The molecule has 0 aliphatic heterocycles. The van der Waals surface area contributed by atoms with Gasteiger partial charge in [0, 0.05) is 0 Å². The van der Waals surface area contributed by atoms with Crippen molar-refractivity contribution in [2.45, 2.75) is 0 Å². The van der Waals surface area contributed by atoms with Gasteiger partial charge in [0.15, 0.2) is 0 Å². The number of hydrogen-bond acceptors (Lipinski definition) is 5. The first-order valence-electron chi connectivity index (χ1n) is 1.47. The van der Waals surface area contributed by atoms with Crippen LogP contribution in [0.3, 0.4) is 0 Å². The molecule has 0 amide bonds. The van der Waals surface area contributed by atoms with E-state index >= 15 is 0 Å². The molecule has 0 radical (unpaired) electrons. The summed E-state index contributed by atoms with van der Waals surface area (Å²) in [7, 11) is -5.61. The second-order valence-electron chi connectivity index (χ2n) is 0.783. The zero-order chi connectivity index (χ0) is 8.08. The summed E-state index contributed by atoms with van der Waals surface area (Å²) in [5.74, 6) is 0. The maximum atomic E-state index is 8.58. The molecule has 0 rings (SSSR count). The molecule has 2 N–H and O–H groups in total. The Morgan fingerprint density at radius 1 is 1.00 bits per heavy atom. The fraction of sp³-hybridized carbons (Fsp3) is 0. The molecule has 0 unspecified atom stereocenters. The van der Waals surface area contributed by atoms with Crippen LogP contribution < -0.4 is 19.2 Å². The summed E-state index contributed by atoms with van der Waals surface area (Å²) in [4.78, 5) is 42.9. The van der Waals surface area contributed by atoms with Gasteiger partial charge in [-0.1, -0.05) is 0 Å². The average Bonchev–Trinajstić information content (AvgIpc) is 1.19. The normalized spacial score (nSPS) is 7.64. The first-order chi connectivity index (χ1) is 3.73. The topological polar surface area (TPSA) is 150 Å². The molecule has 56 valence electrons. The molecule has 0 spiro atoms. The van der Waals surface area contributed by atoms with Crippen molar-refractivity contribution in [2.75, 3.05) is 0 Å². The summed E-state index contributed by atoms with van der Waals surface area (Å²) in [6.07, 6.45) is -1.83. The molecule has 0 bridgehead atoms. The maximum absolute atomic E-state index is 8.58. The van der Waals surface area contributed by atoms with Gasteiger partial charge in [-0.05, 0) is 0 Å². The van der Waals surface area contributed by atoms with Gasteiger partial charge < -0.3 is 38.4 Å². The number of rotatable bonds is 0. The third kappa shape index (κ3) is 337. The molecule has 0 saturated carbocycles. The van der Waals surface area contributed by atoms with Crippen molar-refractivity contribution in [2.24, 2.45) is 0 Å². The molecule has 0 aromatic heterocycles. The van der Waals surface area contributed by atoms with E-state index in [4.69, 9.17) is 34.2 Å². The summed E-state index contributed by atoms with van der Waals surface area (Å²) in [6, 6.07) is 0. The largest absolute Gasteiger partial charge is 2.00 e. The van der Waals surface area contributed by atoms with Crippen LogP contribution in [0.4, 0.5) is 4.79 Å². The van der Waals surface area contributed by atoms with E-state index in [0.717, 1.165) is 0 Å². The Morgan fingerprint density at radius 2 is 1.00 bits per heavy atom. The molecule has 0 aromatic rings. The van der Waals surface area contributed by atoms with Gasteiger partial charge in [0.2, 0.25) is 0 Å². The van der Waals surface area contributed by atoms with Gasteiger partial charge in [0.25, 0.3) is 0 Å². The summed E-state index contributed by atoms with van der Waals surface area (Å²) in [5, 5.41) is 13.9. The number of hydrogen-bond donors (Lipinski definition) is 2. The van der Waals surface area contributed by atoms with E-state index in [1.54, 1.807) is 0 Å². The molecule has 0 aromatic carbocycles. The van der Waals surface area contributed by atoms with Crippen LogP contribution in [0, 0.1) is 0 Å². The summed E-state index contributed by atoms with van der Waals surface area (Å²) in [5.41, 5.74) is 0. The van der Waals surface area contributed by atoms with Gasteiger partial charge in [-0.3, -0.25) is 0 Å². The van der Waals surface area contributed by atoms with E-state index in [1.807, 2.05) is 0 Å². The second kappa shape index (κ2) is 11.8. The SMILES string of the molecule is O=C(O)O.[Ca+2].[Ca+2].[O-][Si]([O-])([O-])[O-]. The molecule has 0 aliphatic carbocycles. The van der Waals surface area contributed by atoms with Gasteiger partial charge in [-0.15, -0.1) is 0 Å². The Labute approximate surface area is 123 Å². The second-order valence-corrected chi connectivity index (χ2v) is 1.78. The van der Waals surface area contributed by atoms with E-state index in [-0.39, 0.29) is 75.5 Å². The van der Waals surface area contributed by atoms with E-state index in [0.29, 0.717) is 0 Å². The molecule has 7 nitrogen and oxygen atoms in total. The zero-order valence-electron chi connectivity index (χ0n) is 5.35. The van der Waals surface area contributed by atoms with E-state index in [1.165, 1.54) is 0 Å². The van der Waals surface area contributed by atoms with Gasteiger partial charge >= 0.3 is 81.6 Å². The minimum absolute atomic E-state index is 0. The molecule has 0 fully saturated rings. The van der Waals surface area contributed by atoms with E-state index < -0.39 is 15.2 Å². The fourth-order valence-electron chi connectivity index (χ4n) is 0. The standard InChI is InChI=1S/CH2O3.2Ca.O4Si/c2-1(3)4;;;1-5(2,3)4/h(H2,2,3,4);;;/q;2*+2;-4. The first-order valence-corrected chi connectivity index (χ1v) is 3.10. The molecule has 0 atom stereocenters. The Morgan fingerprint density at radius 3 is 1.00 bits per heavy atom. The smallest absolute Gasteiger partial charge is 0.894 e. The van der Waals surface area contributed by atoms with Crippen LogP contribution in [-0.4, -0.2) is 101 Å². The molecule has 0 saturated heterocycles. The fourth-order valence-corrected chi connectivity index (χ4v) is 0. The van der Waals surface area contributed by atoms with Crippen LogP contribution in [0.5, 0.6) is 0 Å². The van der Waals surface area contributed by atoms with Gasteiger partial charge in [0.05, 0.1) is 0 Å². The molecule has 11 heavy (non-hydrogen) atoms. The molecule has 0 aliphatic rings. The van der Waals surface area contributed by atoms with Crippen molar-refractivity contribution in [3.8, 4) is 0 Å². The van der Waals surface area contributed by atoms with Crippen molar-refractivity contribution in [1.29, 1.82) is 0 Å². The van der Waals surface area contributed by atoms with Crippen molar-refractivity contribution in [1.82, 2.24) is 0 Å². The third-order valence-corrected chi connectivity index (χ3v) is 0. The monoisotopic (exact) mass is 234 g/mol. The predicted octanol–water partition coefficient (Wildman–Crippen LogP) is -5.68. The van der Waals surface area contributed by atoms with E-state index in [9.17, 15) is 0 Å². The Kier molecular flexibility index (Phi) is 24.8. The number of carboxylic acid groups (broad SMARTS) is 2. The first kappa shape index (κ1) is 23.0. The van der Waals surface area contributed by atoms with Crippen molar-refractivity contribution in [3.63, 3.8) is 0 Å².